The third kappa shape index (κ3) is 5.08. The van der Waals surface area contributed by atoms with Crippen LogP contribution in [0.15, 0.2) is 24.3 Å². The number of ether oxygens (including phenoxy) is 1. The van der Waals surface area contributed by atoms with Crippen molar-refractivity contribution in [1.82, 2.24) is 15.1 Å². The number of carbonyl (C=O) groups is 2. The number of halogens is 1. The van der Waals surface area contributed by atoms with E-state index in [9.17, 15) is 14.0 Å². The molecule has 1 aromatic carbocycles. The summed E-state index contributed by atoms with van der Waals surface area (Å²) in [6.45, 7) is 2.51. The lowest BCUT2D eigenvalue weighted by atomic mass is 10.2. The molecule has 2 heterocycles. The molecule has 0 bridgehead atoms. The Morgan fingerprint density at radius 2 is 2.04 bits per heavy atom. The van der Waals surface area contributed by atoms with E-state index in [1.165, 1.54) is 16.8 Å². The number of hydrogen-bond donors (Lipinski definition) is 2. The molecule has 2 amide bonds. The number of benzene rings is 1. The molecule has 2 N–H and O–H groups in total. The number of hydrogen-bond acceptors (Lipinski definition) is 5. The normalized spacial score (nSPS) is 12.7. The Balaban J connectivity index is 1.64. The monoisotopic (exact) mass is 392 g/mol. The summed E-state index contributed by atoms with van der Waals surface area (Å²) >= 11 is 1.72. The fourth-order valence-corrected chi connectivity index (χ4v) is 3.71. The van der Waals surface area contributed by atoms with Gasteiger partial charge in [0, 0.05) is 30.2 Å². The zero-order chi connectivity index (χ0) is 19.2. The van der Waals surface area contributed by atoms with Crippen molar-refractivity contribution in [2.24, 2.45) is 0 Å². The molecule has 144 valence electrons. The molecule has 0 saturated heterocycles. The largest absolute Gasteiger partial charge is 0.372 e. The summed E-state index contributed by atoms with van der Waals surface area (Å²) in [5.41, 5.74) is 2.64. The Labute approximate surface area is 160 Å². The summed E-state index contributed by atoms with van der Waals surface area (Å²) in [7, 11) is 0. The Morgan fingerprint density at radius 1 is 1.26 bits per heavy atom. The van der Waals surface area contributed by atoms with Gasteiger partial charge in [0.1, 0.15) is 24.8 Å². The van der Waals surface area contributed by atoms with E-state index in [2.05, 4.69) is 15.7 Å². The highest BCUT2D eigenvalue weighted by molar-refractivity contribution is 7.98. The summed E-state index contributed by atoms with van der Waals surface area (Å²) < 4.78 is 19.6. The summed E-state index contributed by atoms with van der Waals surface area (Å²) in [5, 5.41) is 10.1. The van der Waals surface area contributed by atoms with E-state index in [1.54, 1.807) is 23.9 Å². The zero-order valence-corrected chi connectivity index (χ0v) is 15.8. The molecule has 0 atom stereocenters. The van der Waals surface area contributed by atoms with Crippen LogP contribution in [0.1, 0.15) is 23.7 Å². The Morgan fingerprint density at radius 3 is 2.78 bits per heavy atom. The van der Waals surface area contributed by atoms with E-state index in [1.807, 2.05) is 6.92 Å². The van der Waals surface area contributed by atoms with Crippen LogP contribution in [0, 0.1) is 5.82 Å². The summed E-state index contributed by atoms with van der Waals surface area (Å²) in [4.78, 5) is 24.3. The maximum Gasteiger partial charge on any atom is 0.251 e. The molecule has 1 aliphatic rings. The maximum atomic E-state index is 12.9. The predicted molar refractivity (Wildman–Crippen MR) is 101 cm³/mol. The van der Waals surface area contributed by atoms with Crippen molar-refractivity contribution in [1.29, 1.82) is 0 Å². The molecular formula is C18H21FN4O3S. The van der Waals surface area contributed by atoms with Crippen LogP contribution < -0.4 is 10.6 Å². The van der Waals surface area contributed by atoms with E-state index in [0.717, 1.165) is 28.3 Å². The maximum absolute atomic E-state index is 12.9. The van der Waals surface area contributed by atoms with Gasteiger partial charge >= 0.3 is 0 Å². The van der Waals surface area contributed by atoms with Gasteiger partial charge in [0.15, 0.2) is 0 Å². The Kier molecular flexibility index (Phi) is 6.46. The standard InChI is InChI=1S/C18H21FN4O3S/c1-2-26-9-17(25)21-18-14-10-27-11-15(14)22-23(18)8-16(24)20-7-12-3-5-13(19)6-4-12/h3-6H,2,7-11H2,1H3,(H,20,24)(H,21,25). The molecule has 9 heteroatoms. The van der Waals surface area contributed by atoms with Gasteiger partial charge in [-0.25, -0.2) is 9.07 Å². The van der Waals surface area contributed by atoms with Crippen LogP contribution in [-0.4, -0.2) is 34.8 Å². The molecule has 27 heavy (non-hydrogen) atoms. The van der Waals surface area contributed by atoms with Crippen LogP contribution in [0.3, 0.4) is 0 Å². The molecule has 0 spiro atoms. The molecule has 0 fully saturated rings. The third-order valence-corrected chi connectivity index (χ3v) is 4.98. The van der Waals surface area contributed by atoms with Crippen molar-refractivity contribution in [3.63, 3.8) is 0 Å². The minimum absolute atomic E-state index is 0.0108. The molecule has 1 aromatic heterocycles. The van der Waals surface area contributed by atoms with E-state index in [-0.39, 0.29) is 30.8 Å². The van der Waals surface area contributed by atoms with Crippen LogP contribution in [-0.2, 0) is 38.9 Å². The fourth-order valence-electron chi connectivity index (χ4n) is 2.68. The van der Waals surface area contributed by atoms with Crippen LogP contribution >= 0.6 is 11.8 Å². The number of aromatic nitrogens is 2. The second-order valence-electron chi connectivity index (χ2n) is 6.01. The SMILES string of the molecule is CCOCC(=O)Nc1c2c(nn1CC(=O)NCc1ccc(F)cc1)CSC2. The summed E-state index contributed by atoms with van der Waals surface area (Å²) in [6, 6.07) is 5.94. The first-order valence-corrected chi connectivity index (χ1v) is 9.77. The highest BCUT2D eigenvalue weighted by Gasteiger charge is 2.24. The van der Waals surface area contributed by atoms with Gasteiger partial charge in [0.2, 0.25) is 5.91 Å². The van der Waals surface area contributed by atoms with Crippen molar-refractivity contribution in [3.8, 4) is 0 Å². The molecule has 0 unspecified atom stereocenters. The summed E-state index contributed by atoms with van der Waals surface area (Å²) in [6.07, 6.45) is 0. The van der Waals surface area contributed by atoms with Crippen molar-refractivity contribution >= 4 is 29.4 Å². The van der Waals surface area contributed by atoms with Gasteiger partial charge in [-0.2, -0.15) is 16.9 Å². The van der Waals surface area contributed by atoms with Gasteiger partial charge in [-0.05, 0) is 24.6 Å². The van der Waals surface area contributed by atoms with Gasteiger partial charge in [-0.15, -0.1) is 0 Å². The van der Waals surface area contributed by atoms with Gasteiger partial charge in [0.05, 0.1) is 5.69 Å². The van der Waals surface area contributed by atoms with Crippen molar-refractivity contribution in [2.45, 2.75) is 31.5 Å². The number of carbonyl (C=O) groups excluding carboxylic acids is 2. The highest BCUT2D eigenvalue weighted by Crippen LogP contribution is 2.34. The summed E-state index contributed by atoms with van der Waals surface area (Å²) in [5.74, 6) is 1.22. The van der Waals surface area contributed by atoms with Gasteiger partial charge < -0.3 is 15.4 Å². The second kappa shape index (κ2) is 9.01. The number of nitrogens with zero attached hydrogens (tertiary/aromatic N) is 2. The molecule has 3 rings (SSSR count). The average Bonchev–Trinajstić information content (AvgIpc) is 3.22. The number of amides is 2. The van der Waals surface area contributed by atoms with Gasteiger partial charge in [-0.1, -0.05) is 12.1 Å². The first kappa shape index (κ1) is 19.4. The van der Waals surface area contributed by atoms with E-state index < -0.39 is 0 Å². The number of rotatable bonds is 8. The molecule has 7 nitrogen and oxygen atoms in total. The van der Waals surface area contributed by atoms with Crippen LogP contribution in [0.4, 0.5) is 10.2 Å². The quantitative estimate of drug-likeness (QED) is 0.718. The number of fused-ring (bicyclic) bond motifs is 1. The Bertz CT molecular complexity index is 823. The second-order valence-corrected chi connectivity index (χ2v) is 7.00. The van der Waals surface area contributed by atoms with Crippen molar-refractivity contribution in [2.75, 3.05) is 18.5 Å². The lowest BCUT2D eigenvalue weighted by molar-refractivity contribution is -0.122. The fraction of sp³-hybridized carbons (Fsp3) is 0.389. The topological polar surface area (TPSA) is 85.2 Å². The van der Waals surface area contributed by atoms with Crippen LogP contribution in [0.5, 0.6) is 0 Å². The number of nitrogens with one attached hydrogen (secondary N) is 2. The lowest BCUT2D eigenvalue weighted by Gasteiger charge is -2.11. The molecule has 0 radical (unpaired) electrons. The van der Waals surface area contributed by atoms with Gasteiger partial charge in [0.25, 0.3) is 5.91 Å². The minimum atomic E-state index is -0.318. The van der Waals surface area contributed by atoms with Crippen molar-refractivity contribution in [3.05, 3.63) is 46.9 Å². The zero-order valence-electron chi connectivity index (χ0n) is 15.0. The molecule has 2 aromatic rings. The lowest BCUT2D eigenvalue weighted by Crippen LogP contribution is -2.29. The van der Waals surface area contributed by atoms with Crippen LogP contribution in [0.2, 0.25) is 0 Å². The molecule has 0 aliphatic carbocycles. The number of thioether (sulfide) groups is 1. The first-order chi connectivity index (χ1) is 13.1. The average molecular weight is 392 g/mol. The van der Waals surface area contributed by atoms with E-state index in [0.29, 0.717) is 19.0 Å². The van der Waals surface area contributed by atoms with Crippen LogP contribution in [0.25, 0.3) is 0 Å². The predicted octanol–water partition coefficient (Wildman–Crippen LogP) is 2.06. The highest BCUT2D eigenvalue weighted by atomic mass is 32.2. The Hall–Kier alpha value is -2.39. The van der Waals surface area contributed by atoms with Crippen molar-refractivity contribution < 1.29 is 18.7 Å². The minimum Gasteiger partial charge on any atom is -0.372 e. The third-order valence-electron chi connectivity index (χ3n) is 4.01. The van der Waals surface area contributed by atoms with E-state index in [4.69, 9.17) is 4.74 Å². The van der Waals surface area contributed by atoms with E-state index >= 15 is 0 Å². The first-order valence-electron chi connectivity index (χ1n) is 8.62. The molecule has 0 saturated carbocycles. The molecule has 1 aliphatic heterocycles. The number of anilines is 1. The smallest absolute Gasteiger partial charge is 0.251 e. The molecular weight excluding hydrogens is 371 g/mol. The van der Waals surface area contributed by atoms with Gasteiger partial charge in [-0.3, -0.25) is 9.59 Å².